The molecule has 0 fully saturated rings. The van der Waals surface area contributed by atoms with Crippen molar-refractivity contribution in [3.63, 3.8) is 0 Å². The molecule has 0 radical (unpaired) electrons. The van der Waals surface area contributed by atoms with Gasteiger partial charge in [-0.2, -0.15) is 5.26 Å². The number of hydrogen-bond acceptors (Lipinski definition) is 5. The van der Waals surface area contributed by atoms with Crippen LogP contribution in [0.1, 0.15) is 24.4 Å². The Bertz CT molecular complexity index is 542. The molecule has 0 aromatic carbocycles. The molecule has 0 aliphatic rings. The Morgan fingerprint density at radius 2 is 2.17 bits per heavy atom. The van der Waals surface area contributed by atoms with Crippen molar-refractivity contribution in [3.8, 4) is 6.07 Å². The molecule has 2 aromatic heterocycles. The van der Waals surface area contributed by atoms with Gasteiger partial charge in [0, 0.05) is 23.3 Å². The molecule has 0 spiro atoms. The molecule has 2 heterocycles. The summed E-state index contributed by atoms with van der Waals surface area (Å²) >= 11 is 1.70. The number of rotatable bonds is 4. The predicted octanol–water partition coefficient (Wildman–Crippen LogP) is 2.82. The first-order valence-corrected chi connectivity index (χ1v) is 6.60. The van der Waals surface area contributed by atoms with Crippen molar-refractivity contribution in [2.24, 2.45) is 0 Å². The number of aromatic nitrogens is 2. The van der Waals surface area contributed by atoms with Gasteiger partial charge in [0.15, 0.2) is 11.5 Å². The van der Waals surface area contributed by atoms with Crippen LogP contribution in [0.4, 0.5) is 5.82 Å². The van der Waals surface area contributed by atoms with Gasteiger partial charge in [0.2, 0.25) is 0 Å². The van der Waals surface area contributed by atoms with E-state index in [2.05, 4.69) is 46.2 Å². The van der Waals surface area contributed by atoms with Gasteiger partial charge in [0.05, 0.1) is 6.54 Å². The minimum absolute atomic E-state index is 0.260. The molecule has 0 saturated heterocycles. The quantitative estimate of drug-likeness (QED) is 0.846. The van der Waals surface area contributed by atoms with Crippen molar-refractivity contribution in [2.45, 2.75) is 26.4 Å². The maximum atomic E-state index is 9.10. The van der Waals surface area contributed by atoms with Gasteiger partial charge in [-0.05, 0) is 25.3 Å². The Morgan fingerprint density at radius 3 is 2.78 bits per heavy atom. The molecular formula is C13H14N4S. The molecule has 18 heavy (non-hydrogen) atoms. The lowest BCUT2D eigenvalue weighted by Gasteiger charge is -2.27. The van der Waals surface area contributed by atoms with Gasteiger partial charge in [-0.15, -0.1) is 11.3 Å². The molecule has 0 aliphatic carbocycles. The van der Waals surface area contributed by atoms with E-state index >= 15 is 0 Å². The fourth-order valence-corrected chi connectivity index (χ4v) is 2.39. The third-order valence-corrected chi connectivity index (χ3v) is 3.45. The van der Waals surface area contributed by atoms with Crippen molar-refractivity contribution < 1.29 is 0 Å². The van der Waals surface area contributed by atoms with Crippen molar-refractivity contribution in [2.75, 3.05) is 4.90 Å². The van der Waals surface area contributed by atoms with E-state index in [1.54, 1.807) is 23.7 Å². The Kier molecular flexibility index (Phi) is 3.90. The van der Waals surface area contributed by atoms with E-state index in [-0.39, 0.29) is 6.04 Å². The van der Waals surface area contributed by atoms with Gasteiger partial charge in [0.1, 0.15) is 6.07 Å². The van der Waals surface area contributed by atoms with Gasteiger partial charge >= 0.3 is 0 Å². The predicted molar refractivity (Wildman–Crippen MR) is 72.4 cm³/mol. The lowest BCUT2D eigenvalue weighted by Crippen LogP contribution is -2.31. The molecule has 5 heteroatoms. The fourth-order valence-electron chi connectivity index (χ4n) is 1.69. The molecule has 0 aliphatic heterocycles. The molecule has 0 atom stereocenters. The first kappa shape index (κ1) is 12.5. The highest BCUT2D eigenvalue weighted by molar-refractivity contribution is 7.09. The summed E-state index contributed by atoms with van der Waals surface area (Å²) in [5.74, 6) is 0.656. The minimum atomic E-state index is 0.260. The Balaban J connectivity index is 2.33. The van der Waals surface area contributed by atoms with E-state index in [4.69, 9.17) is 5.26 Å². The van der Waals surface area contributed by atoms with E-state index < -0.39 is 0 Å². The second-order valence-corrected chi connectivity index (χ2v) is 5.17. The van der Waals surface area contributed by atoms with E-state index in [1.807, 2.05) is 6.07 Å². The highest BCUT2D eigenvalue weighted by Crippen LogP contribution is 2.21. The van der Waals surface area contributed by atoms with E-state index in [1.165, 1.54) is 4.88 Å². The molecule has 2 aromatic rings. The largest absolute Gasteiger partial charge is 0.347 e. The van der Waals surface area contributed by atoms with Crippen molar-refractivity contribution >= 4 is 17.2 Å². The summed E-state index contributed by atoms with van der Waals surface area (Å²) in [6, 6.07) is 6.47. The van der Waals surface area contributed by atoms with Crippen LogP contribution in [-0.2, 0) is 6.54 Å². The van der Waals surface area contributed by atoms with Crippen LogP contribution < -0.4 is 4.90 Å². The smallest absolute Gasteiger partial charge is 0.183 e. The zero-order valence-electron chi connectivity index (χ0n) is 10.4. The van der Waals surface area contributed by atoms with Crippen molar-refractivity contribution in [1.29, 1.82) is 5.26 Å². The Morgan fingerprint density at radius 1 is 1.39 bits per heavy atom. The minimum Gasteiger partial charge on any atom is -0.347 e. The third-order valence-electron chi connectivity index (χ3n) is 2.59. The van der Waals surface area contributed by atoms with Crippen LogP contribution in [0.25, 0.3) is 0 Å². The Labute approximate surface area is 111 Å². The number of nitrogens with zero attached hydrogens (tertiary/aromatic N) is 4. The number of thiophene rings is 1. The maximum absolute atomic E-state index is 9.10. The van der Waals surface area contributed by atoms with Crippen molar-refractivity contribution in [1.82, 2.24) is 9.97 Å². The Hall–Kier alpha value is -1.93. The summed E-state index contributed by atoms with van der Waals surface area (Å²) in [4.78, 5) is 11.7. The first-order valence-electron chi connectivity index (χ1n) is 5.72. The third kappa shape index (κ3) is 2.66. The summed E-state index contributed by atoms with van der Waals surface area (Å²) in [6.07, 6.45) is 3.17. The molecule has 2 rings (SSSR count). The maximum Gasteiger partial charge on any atom is 0.183 e. The molecule has 4 nitrogen and oxygen atoms in total. The van der Waals surface area contributed by atoms with E-state index in [0.29, 0.717) is 11.5 Å². The molecule has 0 amide bonds. The van der Waals surface area contributed by atoms with Gasteiger partial charge in [-0.25, -0.2) is 9.97 Å². The summed E-state index contributed by atoms with van der Waals surface area (Å²) in [7, 11) is 0. The second-order valence-electron chi connectivity index (χ2n) is 4.14. The molecule has 0 saturated carbocycles. The highest BCUT2D eigenvalue weighted by Gasteiger charge is 2.17. The van der Waals surface area contributed by atoms with Gasteiger partial charge in [0.25, 0.3) is 0 Å². The monoisotopic (exact) mass is 258 g/mol. The van der Waals surface area contributed by atoms with Crippen LogP contribution in [-0.4, -0.2) is 16.0 Å². The number of hydrogen-bond donors (Lipinski definition) is 0. The molecular weight excluding hydrogens is 244 g/mol. The van der Waals surface area contributed by atoms with Gasteiger partial charge < -0.3 is 4.90 Å². The zero-order valence-corrected chi connectivity index (χ0v) is 11.2. The fraction of sp³-hybridized carbons (Fsp3) is 0.308. The van der Waals surface area contributed by atoms with Crippen LogP contribution in [0.2, 0.25) is 0 Å². The SMILES string of the molecule is CC(C)N(Cc1cccs1)c1nccnc1C#N. The highest BCUT2D eigenvalue weighted by atomic mass is 32.1. The normalized spacial score (nSPS) is 10.3. The van der Waals surface area contributed by atoms with Crippen LogP contribution in [0.5, 0.6) is 0 Å². The summed E-state index contributed by atoms with van der Waals surface area (Å²) in [5, 5.41) is 11.1. The van der Waals surface area contributed by atoms with E-state index in [9.17, 15) is 0 Å². The van der Waals surface area contributed by atoms with Gasteiger partial charge in [-0.3, -0.25) is 0 Å². The average Bonchev–Trinajstić information content (AvgIpc) is 2.88. The lowest BCUT2D eigenvalue weighted by molar-refractivity contribution is 0.673. The molecule has 92 valence electrons. The summed E-state index contributed by atoms with van der Waals surface area (Å²) in [5.41, 5.74) is 0.378. The summed E-state index contributed by atoms with van der Waals surface area (Å²) < 4.78 is 0. The van der Waals surface area contributed by atoms with Crippen molar-refractivity contribution in [3.05, 3.63) is 40.5 Å². The van der Waals surface area contributed by atoms with E-state index in [0.717, 1.165) is 6.54 Å². The van der Waals surface area contributed by atoms with Crippen LogP contribution >= 0.6 is 11.3 Å². The standard InChI is InChI=1S/C13H14N4S/c1-10(2)17(9-11-4-3-7-18-11)13-12(8-14)15-5-6-16-13/h3-7,10H,9H2,1-2H3. The zero-order chi connectivity index (χ0) is 13.0. The molecule has 0 bridgehead atoms. The van der Waals surface area contributed by atoms with Crippen LogP contribution in [0.3, 0.4) is 0 Å². The van der Waals surface area contributed by atoms with Gasteiger partial charge in [-0.1, -0.05) is 6.07 Å². The number of nitriles is 1. The molecule has 0 unspecified atom stereocenters. The first-order chi connectivity index (χ1) is 8.72. The second kappa shape index (κ2) is 5.61. The lowest BCUT2D eigenvalue weighted by atomic mass is 10.2. The van der Waals surface area contributed by atoms with Crippen LogP contribution in [0, 0.1) is 11.3 Å². The summed E-state index contributed by atoms with van der Waals surface area (Å²) in [6.45, 7) is 4.93. The van der Waals surface area contributed by atoms with Crippen LogP contribution in [0.15, 0.2) is 29.9 Å². The molecule has 0 N–H and O–H groups in total. The topological polar surface area (TPSA) is 52.8 Å². The number of anilines is 1. The average molecular weight is 258 g/mol.